The Morgan fingerprint density at radius 3 is 2.53 bits per heavy atom. The molecular weight excluding hydrogens is 208 g/mol. The van der Waals surface area contributed by atoms with Gasteiger partial charge in [0.05, 0.1) is 6.42 Å². The van der Waals surface area contributed by atoms with Crippen molar-refractivity contribution in [1.29, 1.82) is 0 Å². The van der Waals surface area contributed by atoms with Crippen LogP contribution in [0.3, 0.4) is 0 Å². The molecular formula is C12H14O2S. The summed E-state index contributed by atoms with van der Waals surface area (Å²) in [6.45, 7) is 0. The number of carboxylic acids is 1. The molecule has 0 unspecified atom stereocenters. The normalized spacial score (nSPS) is 15.2. The van der Waals surface area contributed by atoms with E-state index in [1.165, 1.54) is 23.5 Å². The largest absolute Gasteiger partial charge is 0.481 e. The predicted molar refractivity (Wildman–Crippen MR) is 61.2 cm³/mol. The Morgan fingerprint density at radius 1 is 1.33 bits per heavy atom. The van der Waals surface area contributed by atoms with Gasteiger partial charge in [0, 0.05) is 10.6 Å². The molecule has 0 aromatic heterocycles. The summed E-state index contributed by atoms with van der Waals surface area (Å²) in [5.41, 5.74) is 0.873. The van der Waals surface area contributed by atoms with Gasteiger partial charge in [-0.3, -0.25) is 4.79 Å². The summed E-state index contributed by atoms with van der Waals surface area (Å²) < 4.78 is 0. The second-order valence-corrected chi connectivity index (χ2v) is 5.06. The molecule has 0 spiro atoms. The average Bonchev–Trinajstić information content (AvgIpc) is 2.99. The van der Waals surface area contributed by atoms with Crippen LogP contribution in [0.5, 0.6) is 0 Å². The third-order valence-corrected chi connectivity index (χ3v) is 3.70. The van der Waals surface area contributed by atoms with Gasteiger partial charge in [-0.1, -0.05) is 12.1 Å². The lowest BCUT2D eigenvalue weighted by Gasteiger charge is -2.01. The Morgan fingerprint density at radius 2 is 2.00 bits per heavy atom. The predicted octanol–water partition coefficient (Wildman–Crippen LogP) is 2.82. The zero-order valence-electron chi connectivity index (χ0n) is 8.48. The molecule has 0 saturated heterocycles. The molecule has 15 heavy (non-hydrogen) atoms. The van der Waals surface area contributed by atoms with E-state index in [0.717, 1.165) is 11.5 Å². The highest BCUT2D eigenvalue weighted by Gasteiger charge is 2.20. The quantitative estimate of drug-likeness (QED) is 0.778. The van der Waals surface area contributed by atoms with E-state index < -0.39 is 5.97 Å². The van der Waals surface area contributed by atoms with Gasteiger partial charge in [0.1, 0.15) is 0 Å². The van der Waals surface area contributed by atoms with E-state index in [0.29, 0.717) is 0 Å². The van der Waals surface area contributed by atoms with Gasteiger partial charge in [0.2, 0.25) is 0 Å². The summed E-state index contributed by atoms with van der Waals surface area (Å²) in [5.74, 6) is 1.36. The van der Waals surface area contributed by atoms with Crippen LogP contribution >= 0.6 is 11.8 Å². The number of carbonyl (C=O) groups is 1. The van der Waals surface area contributed by atoms with E-state index in [9.17, 15) is 4.79 Å². The third-order valence-electron chi connectivity index (χ3n) is 2.46. The fourth-order valence-corrected chi connectivity index (χ4v) is 2.47. The molecule has 0 radical (unpaired) electrons. The van der Waals surface area contributed by atoms with Gasteiger partial charge in [-0.25, -0.2) is 0 Å². The lowest BCUT2D eigenvalue weighted by Crippen LogP contribution is -1.99. The summed E-state index contributed by atoms with van der Waals surface area (Å²) in [5, 5.41) is 8.62. The standard InChI is InChI=1S/C12H14O2S/c13-12(14)7-9-3-5-11(6-4-9)15-8-10-1-2-10/h3-6,10H,1-2,7-8H2,(H,13,14). The minimum Gasteiger partial charge on any atom is -0.481 e. The van der Waals surface area contributed by atoms with Crippen LogP contribution in [0, 0.1) is 5.92 Å². The molecule has 1 aromatic rings. The molecule has 0 atom stereocenters. The molecule has 1 aromatic carbocycles. The van der Waals surface area contributed by atoms with Crippen LogP contribution in [0.25, 0.3) is 0 Å². The van der Waals surface area contributed by atoms with Crippen molar-refractivity contribution in [3.63, 3.8) is 0 Å². The number of hydrogen-bond donors (Lipinski definition) is 1. The maximum Gasteiger partial charge on any atom is 0.307 e. The van der Waals surface area contributed by atoms with Crippen molar-refractivity contribution < 1.29 is 9.90 Å². The maximum absolute atomic E-state index is 10.5. The molecule has 1 aliphatic carbocycles. The smallest absolute Gasteiger partial charge is 0.307 e. The summed E-state index contributed by atoms with van der Waals surface area (Å²) in [6.07, 6.45) is 2.88. The molecule has 0 aliphatic heterocycles. The van der Waals surface area contributed by atoms with Crippen LogP contribution < -0.4 is 0 Å². The number of aliphatic carboxylic acids is 1. The SMILES string of the molecule is O=C(O)Cc1ccc(SCC2CC2)cc1. The molecule has 1 saturated carbocycles. The van der Waals surface area contributed by atoms with Crippen molar-refractivity contribution in [2.45, 2.75) is 24.2 Å². The first-order valence-corrected chi connectivity index (χ1v) is 6.16. The second-order valence-electron chi connectivity index (χ2n) is 3.97. The minimum absolute atomic E-state index is 0.119. The molecule has 2 nitrogen and oxygen atoms in total. The Bertz CT molecular complexity index is 341. The average molecular weight is 222 g/mol. The van der Waals surface area contributed by atoms with Gasteiger partial charge in [-0.2, -0.15) is 0 Å². The van der Waals surface area contributed by atoms with Crippen molar-refractivity contribution >= 4 is 17.7 Å². The fraction of sp³-hybridized carbons (Fsp3) is 0.417. The van der Waals surface area contributed by atoms with E-state index in [4.69, 9.17) is 5.11 Å². The van der Waals surface area contributed by atoms with Crippen LogP contribution in [0.1, 0.15) is 18.4 Å². The summed E-state index contributed by atoms with van der Waals surface area (Å²) in [7, 11) is 0. The highest BCUT2D eigenvalue weighted by atomic mass is 32.2. The molecule has 80 valence electrons. The fourth-order valence-electron chi connectivity index (χ4n) is 1.38. The maximum atomic E-state index is 10.5. The van der Waals surface area contributed by atoms with Crippen molar-refractivity contribution in [3.8, 4) is 0 Å². The number of hydrogen-bond acceptors (Lipinski definition) is 2. The number of carboxylic acid groups (broad SMARTS) is 1. The van der Waals surface area contributed by atoms with Crippen LogP contribution in [-0.4, -0.2) is 16.8 Å². The lowest BCUT2D eigenvalue weighted by atomic mass is 10.2. The second kappa shape index (κ2) is 4.71. The van der Waals surface area contributed by atoms with Crippen LogP contribution in [-0.2, 0) is 11.2 Å². The molecule has 0 amide bonds. The van der Waals surface area contributed by atoms with Gasteiger partial charge in [0.25, 0.3) is 0 Å². The first kappa shape index (κ1) is 10.6. The Kier molecular flexibility index (Phi) is 3.31. The van der Waals surface area contributed by atoms with Crippen LogP contribution in [0.2, 0.25) is 0 Å². The van der Waals surface area contributed by atoms with E-state index in [2.05, 4.69) is 0 Å². The topological polar surface area (TPSA) is 37.3 Å². The molecule has 2 rings (SSSR count). The summed E-state index contributed by atoms with van der Waals surface area (Å²) in [4.78, 5) is 11.7. The first-order valence-electron chi connectivity index (χ1n) is 5.17. The molecule has 0 heterocycles. The van der Waals surface area contributed by atoms with Gasteiger partial charge in [-0.05, 0) is 36.5 Å². The van der Waals surface area contributed by atoms with E-state index >= 15 is 0 Å². The van der Waals surface area contributed by atoms with Crippen molar-refractivity contribution in [1.82, 2.24) is 0 Å². The van der Waals surface area contributed by atoms with E-state index in [-0.39, 0.29) is 6.42 Å². The highest BCUT2D eigenvalue weighted by Crippen LogP contribution is 2.34. The zero-order chi connectivity index (χ0) is 10.7. The molecule has 1 fully saturated rings. The lowest BCUT2D eigenvalue weighted by molar-refractivity contribution is -0.136. The van der Waals surface area contributed by atoms with Gasteiger partial charge in [0.15, 0.2) is 0 Å². The number of rotatable bonds is 5. The van der Waals surface area contributed by atoms with Gasteiger partial charge < -0.3 is 5.11 Å². The van der Waals surface area contributed by atoms with Crippen LogP contribution in [0.15, 0.2) is 29.2 Å². The Balaban J connectivity index is 1.87. The number of thioether (sulfide) groups is 1. The van der Waals surface area contributed by atoms with Crippen LogP contribution in [0.4, 0.5) is 0 Å². The van der Waals surface area contributed by atoms with Crippen molar-refractivity contribution in [2.24, 2.45) is 5.92 Å². The van der Waals surface area contributed by atoms with Gasteiger partial charge in [-0.15, -0.1) is 11.8 Å². The molecule has 3 heteroatoms. The van der Waals surface area contributed by atoms with E-state index in [1.807, 2.05) is 36.0 Å². The van der Waals surface area contributed by atoms with Crippen molar-refractivity contribution in [3.05, 3.63) is 29.8 Å². The monoisotopic (exact) mass is 222 g/mol. The third kappa shape index (κ3) is 3.59. The number of benzene rings is 1. The van der Waals surface area contributed by atoms with E-state index in [1.54, 1.807) is 0 Å². The summed E-state index contributed by atoms with van der Waals surface area (Å²) in [6, 6.07) is 7.85. The molecule has 1 aliphatic rings. The van der Waals surface area contributed by atoms with Gasteiger partial charge >= 0.3 is 5.97 Å². The Hall–Kier alpha value is -0.960. The highest BCUT2D eigenvalue weighted by molar-refractivity contribution is 7.99. The minimum atomic E-state index is -0.770. The Labute approximate surface area is 93.7 Å². The molecule has 1 N–H and O–H groups in total. The molecule has 0 bridgehead atoms. The first-order chi connectivity index (χ1) is 7.24. The zero-order valence-corrected chi connectivity index (χ0v) is 9.30. The van der Waals surface area contributed by atoms with Crippen molar-refractivity contribution in [2.75, 3.05) is 5.75 Å². The summed E-state index contributed by atoms with van der Waals surface area (Å²) >= 11 is 1.87.